The lowest BCUT2D eigenvalue weighted by molar-refractivity contribution is -0.115. The lowest BCUT2D eigenvalue weighted by atomic mass is 10.2. The van der Waals surface area contributed by atoms with Crippen LogP contribution >= 0.6 is 0 Å². The second-order valence-electron chi connectivity index (χ2n) is 4.75. The molecule has 0 aromatic heterocycles. The van der Waals surface area contributed by atoms with Gasteiger partial charge in [0.2, 0.25) is 5.91 Å². The SMILES string of the molecule is CCCCCS(=O)CCC(=O)Nc1ccc(CN)cc1. The first-order valence-electron chi connectivity index (χ1n) is 7.09. The van der Waals surface area contributed by atoms with E-state index < -0.39 is 10.8 Å². The molecule has 0 heterocycles. The van der Waals surface area contributed by atoms with Gasteiger partial charge < -0.3 is 11.1 Å². The van der Waals surface area contributed by atoms with E-state index in [0.29, 0.717) is 24.5 Å². The molecular weight excluding hydrogens is 272 g/mol. The number of nitrogens with two attached hydrogens (primary N) is 1. The van der Waals surface area contributed by atoms with Crippen molar-refractivity contribution in [1.29, 1.82) is 0 Å². The summed E-state index contributed by atoms with van der Waals surface area (Å²) in [6.07, 6.45) is 3.50. The smallest absolute Gasteiger partial charge is 0.225 e. The van der Waals surface area contributed by atoms with Crippen molar-refractivity contribution in [2.45, 2.75) is 39.2 Å². The molecule has 0 radical (unpaired) electrons. The number of carbonyl (C=O) groups excluding carboxylic acids is 1. The first-order valence-corrected chi connectivity index (χ1v) is 8.58. The van der Waals surface area contributed by atoms with Gasteiger partial charge in [-0.25, -0.2) is 0 Å². The molecule has 0 bridgehead atoms. The van der Waals surface area contributed by atoms with Gasteiger partial charge in [0.15, 0.2) is 0 Å². The largest absolute Gasteiger partial charge is 0.326 e. The summed E-state index contributed by atoms with van der Waals surface area (Å²) < 4.78 is 11.7. The second kappa shape index (κ2) is 9.66. The molecule has 1 rings (SSSR count). The van der Waals surface area contributed by atoms with Crippen molar-refractivity contribution in [2.24, 2.45) is 5.73 Å². The van der Waals surface area contributed by atoms with Gasteiger partial charge in [-0.15, -0.1) is 0 Å². The van der Waals surface area contributed by atoms with Crippen molar-refractivity contribution in [3.8, 4) is 0 Å². The highest BCUT2D eigenvalue weighted by Crippen LogP contribution is 2.09. The zero-order chi connectivity index (χ0) is 14.8. The average Bonchev–Trinajstić information content (AvgIpc) is 2.46. The lowest BCUT2D eigenvalue weighted by Crippen LogP contribution is -2.15. The third kappa shape index (κ3) is 6.82. The van der Waals surface area contributed by atoms with Gasteiger partial charge in [-0.1, -0.05) is 31.9 Å². The molecule has 0 fully saturated rings. The summed E-state index contributed by atoms with van der Waals surface area (Å²) in [6, 6.07) is 7.44. The zero-order valence-electron chi connectivity index (χ0n) is 12.1. The van der Waals surface area contributed by atoms with Crippen molar-refractivity contribution < 1.29 is 9.00 Å². The molecule has 0 saturated heterocycles. The summed E-state index contributed by atoms with van der Waals surface area (Å²) in [6.45, 7) is 2.61. The van der Waals surface area contributed by atoms with Gasteiger partial charge in [0.1, 0.15) is 0 Å². The molecule has 20 heavy (non-hydrogen) atoms. The summed E-state index contributed by atoms with van der Waals surface area (Å²) >= 11 is 0. The summed E-state index contributed by atoms with van der Waals surface area (Å²) in [5.41, 5.74) is 7.29. The maximum absolute atomic E-state index is 11.7. The Kier molecular flexibility index (Phi) is 8.14. The monoisotopic (exact) mass is 296 g/mol. The minimum absolute atomic E-state index is 0.0886. The molecule has 3 N–H and O–H groups in total. The molecule has 1 unspecified atom stereocenters. The van der Waals surface area contributed by atoms with Crippen molar-refractivity contribution in [3.63, 3.8) is 0 Å². The summed E-state index contributed by atoms with van der Waals surface area (Å²) in [5, 5.41) is 2.80. The number of hydrogen-bond donors (Lipinski definition) is 2. The van der Waals surface area contributed by atoms with Crippen LogP contribution in [0.3, 0.4) is 0 Å². The van der Waals surface area contributed by atoms with Crippen LogP contribution in [0.1, 0.15) is 38.2 Å². The Balaban J connectivity index is 2.27. The highest BCUT2D eigenvalue weighted by Gasteiger charge is 2.06. The quantitative estimate of drug-likeness (QED) is 0.687. The van der Waals surface area contributed by atoms with E-state index >= 15 is 0 Å². The van der Waals surface area contributed by atoms with Crippen molar-refractivity contribution >= 4 is 22.4 Å². The van der Waals surface area contributed by atoms with E-state index in [1.54, 1.807) is 0 Å². The summed E-state index contributed by atoms with van der Waals surface area (Å²) in [5.74, 6) is 1.05. The normalized spacial score (nSPS) is 12.1. The topological polar surface area (TPSA) is 72.2 Å². The molecule has 0 saturated carbocycles. The molecule has 112 valence electrons. The number of amides is 1. The van der Waals surface area contributed by atoms with Crippen LogP contribution in [-0.4, -0.2) is 21.6 Å². The molecule has 4 nitrogen and oxygen atoms in total. The fourth-order valence-electron chi connectivity index (χ4n) is 1.77. The minimum atomic E-state index is -0.883. The Morgan fingerprint density at radius 3 is 2.50 bits per heavy atom. The van der Waals surface area contributed by atoms with Crippen LogP contribution in [0.2, 0.25) is 0 Å². The molecule has 1 aromatic rings. The van der Waals surface area contributed by atoms with Crippen molar-refractivity contribution in [3.05, 3.63) is 29.8 Å². The molecular formula is C15H24N2O2S. The molecule has 1 amide bonds. The van der Waals surface area contributed by atoms with E-state index in [1.165, 1.54) is 0 Å². The second-order valence-corrected chi connectivity index (χ2v) is 6.45. The fraction of sp³-hybridized carbons (Fsp3) is 0.533. The van der Waals surface area contributed by atoms with E-state index in [9.17, 15) is 9.00 Å². The maximum atomic E-state index is 11.7. The van der Waals surface area contributed by atoms with E-state index in [-0.39, 0.29) is 5.91 Å². The predicted octanol–water partition coefficient (Wildman–Crippen LogP) is 2.41. The third-order valence-corrected chi connectivity index (χ3v) is 4.41. The van der Waals surface area contributed by atoms with Crippen LogP contribution in [0.5, 0.6) is 0 Å². The van der Waals surface area contributed by atoms with Gasteiger partial charge in [-0.05, 0) is 24.1 Å². The molecule has 0 aliphatic heterocycles. The van der Waals surface area contributed by atoms with Crippen LogP contribution in [-0.2, 0) is 22.1 Å². The van der Waals surface area contributed by atoms with Crippen LogP contribution in [0, 0.1) is 0 Å². The Morgan fingerprint density at radius 2 is 1.90 bits per heavy atom. The number of nitrogens with one attached hydrogen (secondary N) is 1. The van der Waals surface area contributed by atoms with Gasteiger partial charge in [0.25, 0.3) is 0 Å². The highest BCUT2D eigenvalue weighted by atomic mass is 32.2. The van der Waals surface area contributed by atoms with E-state index in [0.717, 1.165) is 30.5 Å². The number of unbranched alkanes of at least 4 members (excludes halogenated alkanes) is 2. The Labute approximate surface area is 123 Å². The molecule has 1 aromatic carbocycles. The Hall–Kier alpha value is -1.20. The van der Waals surface area contributed by atoms with Crippen molar-refractivity contribution in [2.75, 3.05) is 16.8 Å². The number of hydrogen-bond acceptors (Lipinski definition) is 3. The van der Waals surface area contributed by atoms with Gasteiger partial charge in [0.05, 0.1) is 0 Å². The number of rotatable bonds is 9. The third-order valence-electron chi connectivity index (χ3n) is 3.01. The number of anilines is 1. The van der Waals surface area contributed by atoms with E-state index in [2.05, 4.69) is 12.2 Å². The van der Waals surface area contributed by atoms with Crippen LogP contribution in [0.15, 0.2) is 24.3 Å². The fourth-order valence-corrected chi connectivity index (χ4v) is 2.91. The molecule has 1 atom stereocenters. The minimum Gasteiger partial charge on any atom is -0.326 e. The molecule has 0 aliphatic carbocycles. The standard InChI is InChI=1S/C15H24N2O2S/c1-2-3-4-10-20(19)11-9-15(18)17-14-7-5-13(12-16)6-8-14/h5-8H,2-4,9-12,16H2,1H3,(H,17,18). The summed E-state index contributed by atoms with van der Waals surface area (Å²) in [7, 11) is -0.883. The highest BCUT2D eigenvalue weighted by molar-refractivity contribution is 7.84. The van der Waals surface area contributed by atoms with E-state index in [4.69, 9.17) is 5.73 Å². The number of benzene rings is 1. The first-order chi connectivity index (χ1) is 9.65. The molecule has 0 spiro atoms. The van der Waals surface area contributed by atoms with Crippen LogP contribution in [0.25, 0.3) is 0 Å². The maximum Gasteiger partial charge on any atom is 0.225 e. The van der Waals surface area contributed by atoms with Gasteiger partial charge >= 0.3 is 0 Å². The predicted molar refractivity (Wildman–Crippen MR) is 85.0 cm³/mol. The lowest BCUT2D eigenvalue weighted by Gasteiger charge is -2.06. The molecule has 5 heteroatoms. The van der Waals surface area contributed by atoms with Gasteiger partial charge in [0, 0.05) is 41.0 Å². The molecule has 0 aliphatic rings. The Bertz CT molecular complexity index is 432. The number of carbonyl (C=O) groups is 1. The Morgan fingerprint density at radius 1 is 1.20 bits per heavy atom. The van der Waals surface area contributed by atoms with E-state index in [1.807, 2.05) is 24.3 Å². The van der Waals surface area contributed by atoms with Gasteiger partial charge in [-0.3, -0.25) is 9.00 Å². The van der Waals surface area contributed by atoms with Crippen LogP contribution < -0.4 is 11.1 Å². The van der Waals surface area contributed by atoms with Crippen LogP contribution in [0.4, 0.5) is 5.69 Å². The van der Waals surface area contributed by atoms with Crippen molar-refractivity contribution in [1.82, 2.24) is 0 Å². The zero-order valence-corrected chi connectivity index (χ0v) is 12.9. The average molecular weight is 296 g/mol. The van der Waals surface area contributed by atoms with Gasteiger partial charge in [-0.2, -0.15) is 0 Å². The first kappa shape index (κ1) is 16.9. The summed E-state index contributed by atoms with van der Waals surface area (Å²) in [4.78, 5) is 11.7.